The Bertz CT molecular complexity index is 1020. The molecule has 1 aliphatic heterocycles. The van der Waals surface area contributed by atoms with Gasteiger partial charge in [-0.05, 0) is 59.2 Å². The van der Waals surface area contributed by atoms with Crippen molar-refractivity contribution in [2.45, 2.75) is 90.8 Å². The number of aromatic nitrogens is 2. The fourth-order valence-electron chi connectivity index (χ4n) is 4.06. The van der Waals surface area contributed by atoms with Gasteiger partial charge in [0.05, 0.1) is 12.7 Å². The van der Waals surface area contributed by atoms with E-state index in [1.807, 2.05) is 63.6 Å². The lowest BCUT2D eigenvalue weighted by Crippen LogP contribution is -2.60. The van der Waals surface area contributed by atoms with Crippen LogP contribution in [0.5, 0.6) is 11.6 Å². The second-order valence-electron chi connectivity index (χ2n) is 9.52. The summed E-state index contributed by atoms with van der Waals surface area (Å²) >= 11 is 0. The molecule has 3 N–H and O–H groups in total. The third-order valence-corrected chi connectivity index (χ3v) is 5.93. The van der Waals surface area contributed by atoms with Crippen molar-refractivity contribution in [2.24, 2.45) is 0 Å². The number of carbonyl (C=O) groups is 1. The highest BCUT2D eigenvalue weighted by Gasteiger charge is 2.46. The smallest absolute Gasteiger partial charge is 0.491 e. The number of aliphatic hydroxyl groups excluding tert-OH is 3. The normalized spacial score (nSPS) is 23.8. The quantitative estimate of drug-likeness (QED) is 0.399. The summed E-state index contributed by atoms with van der Waals surface area (Å²) < 4.78 is 28.9. The zero-order chi connectivity index (χ0) is 27.3. The molecule has 1 aliphatic rings. The summed E-state index contributed by atoms with van der Waals surface area (Å²) in [5.74, 6) is 0.999. The molecule has 3 rings (SSSR count). The van der Waals surface area contributed by atoms with Crippen LogP contribution in [0.3, 0.4) is 0 Å². The molecular formula is C26H38N2O9. The van der Waals surface area contributed by atoms with Crippen molar-refractivity contribution in [2.75, 3.05) is 13.2 Å². The third-order valence-electron chi connectivity index (χ3n) is 5.93. The van der Waals surface area contributed by atoms with E-state index in [2.05, 4.69) is 5.10 Å². The average molecular weight is 523 g/mol. The maximum atomic E-state index is 11.6. The average Bonchev–Trinajstić information content (AvgIpc) is 3.14. The maximum Gasteiger partial charge on any atom is 0.508 e. The van der Waals surface area contributed by atoms with E-state index >= 15 is 0 Å². The molecule has 37 heavy (non-hydrogen) atoms. The second kappa shape index (κ2) is 12.6. The molecule has 11 heteroatoms. The van der Waals surface area contributed by atoms with Crippen LogP contribution < -0.4 is 9.47 Å². The molecule has 206 valence electrons. The lowest BCUT2D eigenvalue weighted by Gasteiger charge is -2.39. The second-order valence-corrected chi connectivity index (χ2v) is 9.52. The Morgan fingerprint density at radius 3 is 2.32 bits per heavy atom. The number of benzene rings is 1. The summed E-state index contributed by atoms with van der Waals surface area (Å²) in [5, 5.41) is 35.9. The minimum atomic E-state index is -1.60. The molecule has 5 atom stereocenters. The van der Waals surface area contributed by atoms with Crippen molar-refractivity contribution >= 4 is 6.16 Å². The lowest BCUT2D eigenvalue weighted by atomic mass is 9.99. The molecule has 1 saturated heterocycles. The number of nitrogens with zero attached hydrogens (tertiary/aromatic N) is 2. The minimum Gasteiger partial charge on any atom is -0.491 e. The highest BCUT2D eigenvalue weighted by atomic mass is 16.7. The van der Waals surface area contributed by atoms with Gasteiger partial charge in [0.25, 0.3) is 0 Å². The highest BCUT2D eigenvalue weighted by Crippen LogP contribution is 2.31. The topological polar surface area (TPSA) is 142 Å². The molecule has 1 fully saturated rings. The predicted octanol–water partition coefficient (Wildman–Crippen LogP) is 2.51. The van der Waals surface area contributed by atoms with Crippen LogP contribution in [-0.2, 0) is 20.6 Å². The Hall–Kier alpha value is -2.86. The summed E-state index contributed by atoms with van der Waals surface area (Å²) in [6.07, 6.45) is -7.58. The van der Waals surface area contributed by atoms with Gasteiger partial charge in [-0.15, -0.1) is 5.10 Å². The standard InChI is InChI=1S/C26H38N2O9/c1-7-33-26(32)34-13-20-21(29)22(30)23(31)25(36-20)37-24-19(16(6)28(27-24)14(2)3)12-17-8-10-18(11-9-17)35-15(4)5/h8-11,14-15,20-23,25,29-31H,7,12-13H2,1-6H3/t20-,21-,22+,23-,25-/m1/s1. The number of rotatable bonds is 10. The van der Waals surface area contributed by atoms with Crippen molar-refractivity contribution in [3.05, 3.63) is 41.1 Å². The molecule has 0 radical (unpaired) electrons. The number of hydrogen-bond donors (Lipinski definition) is 3. The SMILES string of the molecule is CCOC(=O)OC[C@H]1O[C@H](Oc2nn(C(C)C)c(C)c2Cc2ccc(OC(C)C)cc2)[C@H](O)[C@@H](O)[C@@H]1O. The Balaban J connectivity index is 1.82. The molecule has 1 aromatic heterocycles. The highest BCUT2D eigenvalue weighted by molar-refractivity contribution is 5.59. The van der Waals surface area contributed by atoms with Gasteiger partial charge in [-0.3, -0.25) is 4.68 Å². The van der Waals surface area contributed by atoms with Crippen LogP contribution in [0.1, 0.15) is 57.5 Å². The van der Waals surface area contributed by atoms with E-state index in [9.17, 15) is 20.1 Å². The Labute approximate surface area is 216 Å². The summed E-state index contributed by atoms with van der Waals surface area (Å²) in [4.78, 5) is 11.6. The first-order valence-corrected chi connectivity index (χ1v) is 12.5. The molecule has 0 spiro atoms. The number of carbonyl (C=O) groups excluding carboxylic acids is 1. The molecule has 0 amide bonds. The first-order chi connectivity index (χ1) is 17.5. The van der Waals surface area contributed by atoms with Gasteiger partial charge in [-0.2, -0.15) is 0 Å². The van der Waals surface area contributed by atoms with Crippen molar-refractivity contribution in [1.29, 1.82) is 0 Å². The molecule has 0 aliphatic carbocycles. The van der Waals surface area contributed by atoms with E-state index in [0.717, 1.165) is 22.6 Å². The van der Waals surface area contributed by atoms with Crippen molar-refractivity contribution < 1.29 is 43.8 Å². The summed E-state index contributed by atoms with van der Waals surface area (Å²) in [5.41, 5.74) is 2.65. The number of ether oxygens (including phenoxy) is 5. The van der Waals surface area contributed by atoms with Gasteiger partial charge in [-0.1, -0.05) is 12.1 Å². The van der Waals surface area contributed by atoms with Crippen molar-refractivity contribution in [1.82, 2.24) is 9.78 Å². The zero-order valence-electron chi connectivity index (χ0n) is 22.2. The molecule has 0 bridgehead atoms. The van der Waals surface area contributed by atoms with E-state index in [4.69, 9.17) is 23.7 Å². The summed E-state index contributed by atoms with van der Waals surface area (Å²) in [7, 11) is 0. The molecule has 2 aromatic rings. The zero-order valence-corrected chi connectivity index (χ0v) is 22.2. The van der Waals surface area contributed by atoms with Crippen LogP contribution in [0.15, 0.2) is 24.3 Å². The van der Waals surface area contributed by atoms with E-state index < -0.39 is 43.5 Å². The van der Waals surface area contributed by atoms with Gasteiger partial charge in [0.2, 0.25) is 12.2 Å². The van der Waals surface area contributed by atoms with Crippen LogP contribution in [0.4, 0.5) is 4.79 Å². The Morgan fingerprint density at radius 1 is 1.05 bits per heavy atom. The van der Waals surface area contributed by atoms with Crippen LogP contribution in [0, 0.1) is 6.92 Å². The van der Waals surface area contributed by atoms with Gasteiger partial charge in [0, 0.05) is 23.7 Å². The molecule has 1 aromatic carbocycles. The first-order valence-electron chi connectivity index (χ1n) is 12.5. The van der Waals surface area contributed by atoms with Crippen LogP contribution >= 0.6 is 0 Å². The van der Waals surface area contributed by atoms with Crippen LogP contribution in [0.2, 0.25) is 0 Å². The molecule has 0 saturated carbocycles. The van der Waals surface area contributed by atoms with E-state index in [1.165, 1.54) is 0 Å². The van der Waals surface area contributed by atoms with Crippen LogP contribution in [0.25, 0.3) is 0 Å². The third kappa shape index (κ3) is 7.13. The number of aliphatic hydroxyl groups is 3. The largest absolute Gasteiger partial charge is 0.508 e. The fraction of sp³-hybridized carbons (Fsp3) is 0.615. The minimum absolute atomic E-state index is 0.0354. The maximum absolute atomic E-state index is 11.6. The van der Waals surface area contributed by atoms with Gasteiger partial charge in [-0.25, -0.2) is 4.79 Å². The molecule has 0 unspecified atom stereocenters. The van der Waals surface area contributed by atoms with Gasteiger partial charge >= 0.3 is 6.16 Å². The van der Waals surface area contributed by atoms with Gasteiger partial charge in [0.15, 0.2) is 0 Å². The van der Waals surface area contributed by atoms with Gasteiger partial charge < -0.3 is 39.0 Å². The Morgan fingerprint density at radius 2 is 1.73 bits per heavy atom. The van der Waals surface area contributed by atoms with Crippen molar-refractivity contribution in [3.63, 3.8) is 0 Å². The van der Waals surface area contributed by atoms with E-state index in [-0.39, 0.29) is 24.6 Å². The van der Waals surface area contributed by atoms with E-state index in [1.54, 1.807) is 6.92 Å². The Kier molecular flexibility index (Phi) is 9.77. The summed E-state index contributed by atoms with van der Waals surface area (Å²) in [6, 6.07) is 7.76. The fourth-order valence-corrected chi connectivity index (χ4v) is 4.06. The molecule has 11 nitrogen and oxygen atoms in total. The number of hydrogen-bond acceptors (Lipinski definition) is 10. The monoisotopic (exact) mass is 522 g/mol. The molecule has 2 heterocycles. The molecular weight excluding hydrogens is 484 g/mol. The summed E-state index contributed by atoms with van der Waals surface area (Å²) in [6.45, 7) is 11.2. The van der Waals surface area contributed by atoms with Crippen molar-refractivity contribution in [3.8, 4) is 11.6 Å². The van der Waals surface area contributed by atoms with Crippen LogP contribution in [-0.4, -0.2) is 81.3 Å². The predicted molar refractivity (Wildman–Crippen MR) is 133 cm³/mol. The lowest BCUT2D eigenvalue weighted by molar-refractivity contribution is -0.278. The van der Waals surface area contributed by atoms with E-state index in [0.29, 0.717) is 6.42 Å². The van der Waals surface area contributed by atoms with Gasteiger partial charge in [0.1, 0.15) is 36.8 Å². The first kappa shape index (κ1) is 28.7.